The van der Waals surface area contributed by atoms with Gasteiger partial charge in [-0.2, -0.15) is 0 Å². The van der Waals surface area contributed by atoms with Crippen molar-refractivity contribution in [3.05, 3.63) is 34.9 Å². The molecule has 0 saturated heterocycles. The standard InChI is InChI=1S/C14H20ClN/c1-10-4-2-5-11(8-10)14(16)12-6-3-7-13(15)9-12/h3,6-7,9-11,14H,2,4-5,8,16H2,1H3. The van der Waals surface area contributed by atoms with Gasteiger partial charge in [-0.15, -0.1) is 0 Å². The van der Waals surface area contributed by atoms with E-state index in [4.69, 9.17) is 17.3 Å². The first-order valence-corrected chi connectivity index (χ1v) is 6.55. The summed E-state index contributed by atoms with van der Waals surface area (Å²) in [6.45, 7) is 2.33. The first-order chi connectivity index (χ1) is 7.66. The first-order valence-electron chi connectivity index (χ1n) is 6.18. The number of hydrogen-bond acceptors (Lipinski definition) is 1. The van der Waals surface area contributed by atoms with Gasteiger partial charge in [0.2, 0.25) is 0 Å². The number of rotatable bonds is 2. The van der Waals surface area contributed by atoms with Crippen LogP contribution < -0.4 is 5.73 Å². The van der Waals surface area contributed by atoms with Crippen molar-refractivity contribution in [1.29, 1.82) is 0 Å². The van der Waals surface area contributed by atoms with Crippen LogP contribution in [0, 0.1) is 11.8 Å². The molecule has 1 aromatic carbocycles. The summed E-state index contributed by atoms with van der Waals surface area (Å²) in [5, 5.41) is 0.789. The zero-order chi connectivity index (χ0) is 11.5. The average Bonchev–Trinajstić information content (AvgIpc) is 2.28. The highest BCUT2D eigenvalue weighted by Gasteiger charge is 2.25. The van der Waals surface area contributed by atoms with E-state index in [-0.39, 0.29) is 6.04 Å². The lowest BCUT2D eigenvalue weighted by Crippen LogP contribution is -2.26. The molecule has 3 unspecified atom stereocenters. The molecule has 0 bridgehead atoms. The van der Waals surface area contributed by atoms with Crippen LogP contribution in [0.5, 0.6) is 0 Å². The van der Waals surface area contributed by atoms with E-state index in [1.54, 1.807) is 0 Å². The van der Waals surface area contributed by atoms with Gasteiger partial charge in [-0.3, -0.25) is 0 Å². The van der Waals surface area contributed by atoms with Gasteiger partial charge in [0.1, 0.15) is 0 Å². The van der Waals surface area contributed by atoms with Crippen LogP contribution in [0.1, 0.15) is 44.2 Å². The number of benzene rings is 1. The van der Waals surface area contributed by atoms with E-state index in [0.717, 1.165) is 10.9 Å². The molecule has 1 aliphatic carbocycles. The predicted molar refractivity (Wildman–Crippen MR) is 69.5 cm³/mol. The normalized spacial score (nSPS) is 27.7. The monoisotopic (exact) mass is 237 g/mol. The number of nitrogens with two attached hydrogens (primary N) is 1. The molecule has 3 atom stereocenters. The minimum atomic E-state index is 0.154. The Bertz CT molecular complexity index is 350. The van der Waals surface area contributed by atoms with Gasteiger partial charge >= 0.3 is 0 Å². The van der Waals surface area contributed by atoms with Crippen LogP contribution in [-0.2, 0) is 0 Å². The van der Waals surface area contributed by atoms with E-state index >= 15 is 0 Å². The van der Waals surface area contributed by atoms with E-state index in [1.807, 2.05) is 18.2 Å². The summed E-state index contributed by atoms with van der Waals surface area (Å²) in [7, 11) is 0. The van der Waals surface area contributed by atoms with Gasteiger partial charge in [0, 0.05) is 11.1 Å². The van der Waals surface area contributed by atoms with Crippen LogP contribution >= 0.6 is 11.6 Å². The largest absolute Gasteiger partial charge is 0.324 e. The lowest BCUT2D eigenvalue weighted by atomic mass is 9.77. The van der Waals surface area contributed by atoms with Crippen LogP contribution in [0.2, 0.25) is 5.02 Å². The summed E-state index contributed by atoms with van der Waals surface area (Å²) in [5.41, 5.74) is 7.53. The van der Waals surface area contributed by atoms with E-state index in [2.05, 4.69) is 13.0 Å². The van der Waals surface area contributed by atoms with Crippen LogP contribution in [0.15, 0.2) is 24.3 Å². The van der Waals surface area contributed by atoms with E-state index in [1.165, 1.54) is 31.2 Å². The van der Waals surface area contributed by atoms with Gasteiger partial charge in [-0.25, -0.2) is 0 Å². The molecule has 0 radical (unpaired) electrons. The minimum absolute atomic E-state index is 0.154. The molecule has 0 heterocycles. The molecule has 0 aliphatic heterocycles. The van der Waals surface area contributed by atoms with Gasteiger partial charge in [-0.05, 0) is 42.4 Å². The predicted octanol–water partition coefficient (Wildman–Crippen LogP) is 4.17. The smallest absolute Gasteiger partial charge is 0.0409 e. The molecule has 0 spiro atoms. The maximum atomic E-state index is 6.34. The van der Waals surface area contributed by atoms with Crippen molar-refractivity contribution in [2.75, 3.05) is 0 Å². The Morgan fingerprint density at radius 2 is 2.19 bits per heavy atom. The third-order valence-electron chi connectivity index (χ3n) is 3.72. The Kier molecular flexibility index (Phi) is 3.88. The van der Waals surface area contributed by atoms with Crippen molar-refractivity contribution in [1.82, 2.24) is 0 Å². The number of halogens is 1. The minimum Gasteiger partial charge on any atom is -0.324 e. The van der Waals surface area contributed by atoms with Crippen molar-refractivity contribution in [3.8, 4) is 0 Å². The molecule has 0 amide bonds. The van der Waals surface area contributed by atoms with Gasteiger partial charge in [-0.1, -0.05) is 43.5 Å². The molecule has 2 heteroatoms. The Hall–Kier alpha value is -0.530. The SMILES string of the molecule is CC1CCCC(C(N)c2cccc(Cl)c2)C1. The third-order valence-corrected chi connectivity index (χ3v) is 3.95. The van der Waals surface area contributed by atoms with E-state index in [9.17, 15) is 0 Å². The van der Waals surface area contributed by atoms with Gasteiger partial charge in [0.15, 0.2) is 0 Å². The molecule has 1 saturated carbocycles. The fraction of sp³-hybridized carbons (Fsp3) is 0.571. The second-order valence-electron chi connectivity index (χ2n) is 5.11. The topological polar surface area (TPSA) is 26.0 Å². The lowest BCUT2D eigenvalue weighted by molar-refractivity contribution is 0.248. The molecule has 1 aromatic rings. The second-order valence-corrected chi connectivity index (χ2v) is 5.55. The van der Waals surface area contributed by atoms with Crippen molar-refractivity contribution in [3.63, 3.8) is 0 Å². The van der Waals surface area contributed by atoms with E-state index in [0.29, 0.717) is 5.92 Å². The lowest BCUT2D eigenvalue weighted by Gasteiger charge is -2.31. The summed E-state index contributed by atoms with van der Waals surface area (Å²) < 4.78 is 0. The molecule has 1 aliphatic rings. The highest BCUT2D eigenvalue weighted by Crippen LogP contribution is 2.36. The summed E-state index contributed by atoms with van der Waals surface area (Å²) in [5.74, 6) is 1.45. The van der Waals surface area contributed by atoms with Crippen LogP contribution in [-0.4, -0.2) is 0 Å². The fourth-order valence-corrected chi connectivity index (χ4v) is 2.99. The molecule has 1 fully saturated rings. The van der Waals surface area contributed by atoms with Crippen molar-refractivity contribution >= 4 is 11.6 Å². The Balaban J connectivity index is 2.09. The second kappa shape index (κ2) is 5.20. The Morgan fingerprint density at radius 3 is 2.88 bits per heavy atom. The third kappa shape index (κ3) is 2.78. The molecule has 16 heavy (non-hydrogen) atoms. The highest BCUT2D eigenvalue weighted by molar-refractivity contribution is 6.30. The van der Waals surface area contributed by atoms with Gasteiger partial charge in [0.25, 0.3) is 0 Å². The molecule has 1 nitrogen and oxygen atoms in total. The summed E-state index contributed by atoms with van der Waals surface area (Å²) in [4.78, 5) is 0. The quantitative estimate of drug-likeness (QED) is 0.821. The maximum Gasteiger partial charge on any atom is 0.0409 e. The molecular formula is C14H20ClN. The zero-order valence-electron chi connectivity index (χ0n) is 9.83. The van der Waals surface area contributed by atoms with E-state index < -0.39 is 0 Å². The molecule has 2 rings (SSSR count). The van der Waals surface area contributed by atoms with Crippen LogP contribution in [0.4, 0.5) is 0 Å². The van der Waals surface area contributed by atoms with Crippen molar-refractivity contribution in [2.45, 2.75) is 38.6 Å². The Labute approximate surface area is 103 Å². The molecular weight excluding hydrogens is 218 g/mol. The molecule has 0 aromatic heterocycles. The van der Waals surface area contributed by atoms with Crippen LogP contribution in [0.3, 0.4) is 0 Å². The van der Waals surface area contributed by atoms with Gasteiger partial charge in [0.05, 0.1) is 0 Å². The summed E-state index contributed by atoms with van der Waals surface area (Å²) in [6.07, 6.45) is 5.20. The summed E-state index contributed by atoms with van der Waals surface area (Å²) in [6, 6.07) is 8.15. The van der Waals surface area contributed by atoms with Gasteiger partial charge < -0.3 is 5.73 Å². The first kappa shape index (κ1) is 11.9. The van der Waals surface area contributed by atoms with Crippen LogP contribution in [0.25, 0.3) is 0 Å². The highest BCUT2D eigenvalue weighted by atomic mass is 35.5. The maximum absolute atomic E-state index is 6.34. The van der Waals surface area contributed by atoms with Crippen molar-refractivity contribution < 1.29 is 0 Å². The average molecular weight is 238 g/mol. The molecule has 88 valence electrons. The Morgan fingerprint density at radius 1 is 1.38 bits per heavy atom. The number of hydrogen-bond donors (Lipinski definition) is 1. The molecule has 2 N–H and O–H groups in total. The summed E-state index contributed by atoms with van der Waals surface area (Å²) >= 11 is 6.00. The van der Waals surface area contributed by atoms with Crippen molar-refractivity contribution in [2.24, 2.45) is 17.6 Å². The zero-order valence-corrected chi connectivity index (χ0v) is 10.6. The fourth-order valence-electron chi connectivity index (χ4n) is 2.79.